The molecule has 0 spiro atoms. The highest BCUT2D eigenvalue weighted by Gasteiger charge is 2.17. The van der Waals surface area contributed by atoms with Gasteiger partial charge in [0.25, 0.3) is 5.09 Å². The molecule has 1 heterocycles. The number of ether oxygens (including phenoxy) is 2. The number of benzene rings is 2. The van der Waals surface area contributed by atoms with Gasteiger partial charge in [-0.1, -0.05) is 52.5 Å². The third kappa shape index (κ3) is 7.89. The van der Waals surface area contributed by atoms with Crippen LogP contribution in [0.2, 0.25) is 20.1 Å². The van der Waals surface area contributed by atoms with Gasteiger partial charge < -0.3 is 19.2 Å². The SMILES string of the molecule is Clc1ccc(OCOC(Cn2ccnc2)c2ccc(Cl)cc2Cl)c(Cl)c1.O=[N+]([O-])O. The molecule has 0 radical (unpaired) electrons. The summed E-state index contributed by atoms with van der Waals surface area (Å²) in [6.45, 7) is 0.499. The van der Waals surface area contributed by atoms with E-state index in [0.717, 1.165) is 5.56 Å². The van der Waals surface area contributed by atoms with Gasteiger partial charge in [0.2, 0.25) is 0 Å². The van der Waals surface area contributed by atoms with E-state index in [1.54, 1.807) is 42.9 Å². The van der Waals surface area contributed by atoms with Gasteiger partial charge in [0, 0.05) is 33.0 Å². The normalized spacial score (nSPS) is 11.3. The Morgan fingerprint density at radius 1 is 1.10 bits per heavy atom. The summed E-state index contributed by atoms with van der Waals surface area (Å²) >= 11 is 24.3. The van der Waals surface area contributed by atoms with Crippen molar-refractivity contribution in [3.8, 4) is 5.75 Å². The van der Waals surface area contributed by atoms with Crippen molar-refractivity contribution in [1.82, 2.24) is 9.55 Å². The minimum absolute atomic E-state index is 0.0142. The van der Waals surface area contributed by atoms with E-state index in [1.165, 1.54) is 0 Å². The Balaban J connectivity index is 0.000000735. The van der Waals surface area contributed by atoms with Crippen molar-refractivity contribution in [3.05, 3.63) is 90.9 Å². The van der Waals surface area contributed by atoms with Crippen molar-refractivity contribution in [2.75, 3.05) is 6.79 Å². The van der Waals surface area contributed by atoms with Crippen LogP contribution in [0.15, 0.2) is 55.1 Å². The molecule has 1 aromatic heterocycles. The lowest BCUT2D eigenvalue weighted by atomic mass is 10.1. The van der Waals surface area contributed by atoms with Crippen LogP contribution >= 0.6 is 46.4 Å². The molecule has 3 rings (SSSR count). The summed E-state index contributed by atoms with van der Waals surface area (Å²) in [5, 5.41) is 15.7. The van der Waals surface area contributed by atoms with Gasteiger partial charge in [-0.25, -0.2) is 4.98 Å². The first kappa shape index (κ1) is 24.0. The summed E-state index contributed by atoms with van der Waals surface area (Å²) in [7, 11) is 0. The van der Waals surface area contributed by atoms with Crippen molar-refractivity contribution in [2.24, 2.45) is 0 Å². The molecule has 0 saturated heterocycles. The highest BCUT2D eigenvalue weighted by Crippen LogP contribution is 2.31. The first-order chi connectivity index (χ1) is 14.3. The zero-order valence-electron chi connectivity index (χ0n) is 15.1. The van der Waals surface area contributed by atoms with E-state index in [1.807, 2.05) is 16.8 Å². The van der Waals surface area contributed by atoms with Gasteiger partial charge in [-0.05, 0) is 30.3 Å². The molecule has 0 aliphatic carbocycles. The number of hydrogen-bond acceptors (Lipinski definition) is 5. The number of rotatable bonds is 7. The molecule has 0 amide bonds. The van der Waals surface area contributed by atoms with Crippen molar-refractivity contribution in [3.63, 3.8) is 0 Å². The third-order valence-electron chi connectivity index (χ3n) is 3.62. The number of nitrogens with zero attached hydrogens (tertiary/aromatic N) is 3. The molecule has 160 valence electrons. The lowest BCUT2D eigenvalue weighted by Crippen LogP contribution is -2.15. The molecule has 0 saturated carbocycles. The summed E-state index contributed by atoms with van der Waals surface area (Å²) in [5.74, 6) is 0.486. The second-order valence-corrected chi connectivity index (χ2v) is 7.34. The fourth-order valence-electron chi connectivity index (χ4n) is 2.36. The van der Waals surface area contributed by atoms with E-state index in [0.29, 0.717) is 32.4 Å². The standard InChI is InChI=1S/C18H14Cl4N2O2.HNO3/c19-12-1-3-14(15(21)7-12)18(9-24-6-5-23-10-24)26-11-25-17-4-2-13(20)8-16(17)22;2-1(3)4/h1-8,10,18H,9,11H2;(H,2,3,4). The average Bonchev–Trinajstić information content (AvgIpc) is 3.15. The maximum absolute atomic E-state index is 8.36. The maximum Gasteiger partial charge on any atom is 0.291 e. The predicted molar refractivity (Wildman–Crippen MR) is 113 cm³/mol. The molecular weight excluding hydrogens is 480 g/mol. The summed E-state index contributed by atoms with van der Waals surface area (Å²) in [6, 6.07) is 10.3. The van der Waals surface area contributed by atoms with E-state index in [-0.39, 0.29) is 12.9 Å². The van der Waals surface area contributed by atoms with Gasteiger partial charge in [0.1, 0.15) is 11.9 Å². The largest absolute Gasteiger partial charge is 0.466 e. The quantitative estimate of drug-likeness (QED) is 0.247. The van der Waals surface area contributed by atoms with Crippen LogP contribution in [-0.4, -0.2) is 26.6 Å². The topological polar surface area (TPSA) is 99.7 Å². The molecule has 3 aromatic rings. The summed E-state index contributed by atoms with van der Waals surface area (Å²) < 4.78 is 13.4. The summed E-state index contributed by atoms with van der Waals surface area (Å²) in [5.41, 5.74) is 0.801. The van der Waals surface area contributed by atoms with Crippen LogP contribution in [0.3, 0.4) is 0 Å². The van der Waals surface area contributed by atoms with E-state index >= 15 is 0 Å². The number of hydrogen-bond donors (Lipinski definition) is 1. The molecule has 0 bridgehead atoms. The first-order valence-electron chi connectivity index (χ1n) is 8.19. The molecule has 1 unspecified atom stereocenters. The monoisotopic (exact) mass is 493 g/mol. The fourth-order valence-corrected chi connectivity index (χ4v) is 3.35. The molecule has 1 N–H and O–H groups in total. The fraction of sp³-hybridized carbons (Fsp3) is 0.167. The summed E-state index contributed by atoms with van der Waals surface area (Å²) in [6.07, 6.45) is 4.89. The lowest BCUT2D eigenvalue weighted by Gasteiger charge is -2.20. The van der Waals surface area contributed by atoms with Crippen LogP contribution in [0, 0.1) is 10.1 Å². The number of imidazole rings is 1. The molecule has 1 atom stereocenters. The van der Waals surface area contributed by atoms with Crippen LogP contribution in [0.4, 0.5) is 0 Å². The Kier molecular flexibility index (Phi) is 9.48. The van der Waals surface area contributed by atoms with Crippen molar-refractivity contribution in [2.45, 2.75) is 12.6 Å². The Labute approximate surface area is 191 Å². The Morgan fingerprint density at radius 3 is 2.30 bits per heavy atom. The van der Waals surface area contributed by atoms with Crippen molar-refractivity contribution in [1.29, 1.82) is 0 Å². The molecule has 0 fully saturated rings. The van der Waals surface area contributed by atoms with Gasteiger partial charge >= 0.3 is 0 Å². The molecular formula is C18H15Cl4N3O5. The van der Waals surface area contributed by atoms with E-state index in [2.05, 4.69) is 4.98 Å². The van der Waals surface area contributed by atoms with Gasteiger partial charge in [-0.15, -0.1) is 10.1 Å². The van der Waals surface area contributed by atoms with Crippen LogP contribution in [0.5, 0.6) is 5.75 Å². The van der Waals surface area contributed by atoms with E-state index in [9.17, 15) is 0 Å². The zero-order chi connectivity index (χ0) is 22.1. The maximum atomic E-state index is 8.36. The minimum Gasteiger partial charge on any atom is -0.466 e. The molecule has 0 aliphatic rings. The second-order valence-electron chi connectivity index (χ2n) is 5.66. The van der Waals surface area contributed by atoms with Crippen molar-refractivity contribution < 1.29 is 19.8 Å². The highest BCUT2D eigenvalue weighted by atomic mass is 35.5. The molecule has 2 aromatic carbocycles. The zero-order valence-corrected chi connectivity index (χ0v) is 18.1. The van der Waals surface area contributed by atoms with Gasteiger partial charge in [-0.3, -0.25) is 0 Å². The van der Waals surface area contributed by atoms with Crippen LogP contribution in [0.25, 0.3) is 0 Å². The molecule has 12 heteroatoms. The van der Waals surface area contributed by atoms with Crippen LogP contribution in [0.1, 0.15) is 11.7 Å². The minimum atomic E-state index is -1.50. The smallest absolute Gasteiger partial charge is 0.291 e. The third-order valence-corrected chi connectivity index (χ3v) is 4.72. The Hall–Kier alpha value is -2.23. The lowest BCUT2D eigenvalue weighted by molar-refractivity contribution is -0.742. The van der Waals surface area contributed by atoms with Gasteiger partial charge in [-0.2, -0.15) is 0 Å². The molecule has 8 nitrogen and oxygen atoms in total. The Bertz CT molecular complexity index is 968. The van der Waals surface area contributed by atoms with Gasteiger partial charge in [0.05, 0.1) is 17.9 Å². The van der Waals surface area contributed by atoms with Crippen LogP contribution in [-0.2, 0) is 11.3 Å². The molecule has 0 aliphatic heterocycles. The van der Waals surface area contributed by atoms with Gasteiger partial charge in [0.15, 0.2) is 6.79 Å². The average molecular weight is 495 g/mol. The van der Waals surface area contributed by atoms with Crippen LogP contribution < -0.4 is 4.74 Å². The second kappa shape index (κ2) is 11.8. The van der Waals surface area contributed by atoms with Crippen molar-refractivity contribution >= 4 is 46.4 Å². The van der Waals surface area contributed by atoms with E-state index < -0.39 is 5.09 Å². The predicted octanol–water partition coefficient (Wildman–Crippen LogP) is 5.94. The highest BCUT2D eigenvalue weighted by molar-refractivity contribution is 6.35. The Morgan fingerprint density at radius 2 is 1.73 bits per heavy atom. The van der Waals surface area contributed by atoms with E-state index in [4.69, 9.17) is 71.2 Å². The number of halogens is 4. The number of aromatic nitrogens is 2. The first-order valence-corrected chi connectivity index (χ1v) is 9.71. The summed E-state index contributed by atoms with van der Waals surface area (Å²) in [4.78, 5) is 12.4. The molecule has 30 heavy (non-hydrogen) atoms.